The second-order valence-corrected chi connectivity index (χ2v) is 11.9. The Morgan fingerprint density at radius 2 is 1.81 bits per heavy atom. The van der Waals surface area contributed by atoms with Crippen molar-refractivity contribution in [2.75, 3.05) is 13.1 Å². The number of rotatable bonds is 9. The summed E-state index contributed by atoms with van der Waals surface area (Å²) in [4.78, 5) is 25.9. The number of allylic oxidation sites excluding steroid dienone is 2. The third kappa shape index (κ3) is 4.53. The number of ketones is 1. The molecule has 32 heavy (non-hydrogen) atoms. The van der Waals surface area contributed by atoms with Crippen molar-refractivity contribution in [3.63, 3.8) is 0 Å². The third-order valence-electron chi connectivity index (χ3n) is 9.83. The number of fused-ring (bicyclic) bond motifs is 5. The first kappa shape index (κ1) is 23.8. The highest BCUT2D eigenvalue weighted by atomic mass is 16.2. The van der Waals surface area contributed by atoms with E-state index in [1.54, 1.807) is 6.08 Å². The van der Waals surface area contributed by atoms with Gasteiger partial charge in [0.2, 0.25) is 5.91 Å². The molecule has 4 nitrogen and oxygen atoms in total. The molecule has 1 heterocycles. The van der Waals surface area contributed by atoms with Gasteiger partial charge in [-0.1, -0.05) is 65.7 Å². The SMILES string of the molecule is CCCCCCCCCNC(=O)C1C[C@@]2(C)C(=CC1=O)NC[C@H]1[C@@H]3CCC[C@@]3(C)CC[C@@H]12. The van der Waals surface area contributed by atoms with Crippen molar-refractivity contribution >= 4 is 11.7 Å². The van der Waals surface area contributed by atoms with Gasteiger partial charge in [0.25, 0.3) is 0 Å². The second-order valence-electron chi connectivity index (χ2n) is 11.9. The lowest BCUT2D eigenvalue weighted by molar-refractivity contribution is -0.135. The molecule has 1 saturated heterocycles. The summed E-state index contributed by atoms with van der Waals surface area (Å²) in [5, 5.41) is 6.77. The molecule has 3 aliphatic carbocycles. The first-order valence-electron chi connectivity index (χ1n) is 13.7. The fraction of sp³-hybridized carbons (Fsp3) is 0.857. The van der Waals surface area contributed by atoms with Crippen LogP contribution in [-0.4, -0.2) is 24.8 Å². The van der Waals surface area contributed by atoms with E-state index in [1.807, 2.05) is 0 Å². The molecule has 0 spiro atoms. The van der Waals surface area contributed by atoms with Crippen LogP contribution in [0.2, 0.25) is 0 Å². The van der Waals surface area contributed by atoms with Crippen molar-refractivity contribution in [3.8, 4) is 0 Å². The summed E-state index contributed by atoms with van der Waals surface area (Å²) in [6.45, 7) is 8.80. The highest BCUT2D eigenvalue weighted by molar-refractivity contribution is 6.07. The Hall–Kier alpha value is -1.32. The highest BCUT2D eigenvalue weighted by Crippen LogP contribution is 2.62. The van der Waals surface area contributed by atoms with E-state index in [4.69, 9.17) is 0 Å². The standard InChI is InChI=1S/C28H46N2O2/c1-4-5-6-7-8-9-10-16-29-26(32)20-18-28(3)23-13-15-27(2)14-11-12-22(27)21(23)19-30-25(28)17-24(20)31/h17,20-23,30H,4-16,18-19H2,1-3H3,(H,29,32)/t20?,21-,22-,23-,27-,28+/m0/s1. The van der Waals surface area contributed by atoms with Crippen molar-refractivity contribution in [2.45, 2.75) is 104 Å². The fourth-order valence-electron chi connectivity index (χ4n) is 7.87. The number of piperidine rings is 1. The van der Waals surface area contributed by atoms with Gasteiger partial charge in [-0.2, -0.15) is 0 Å². The molecule has 3 fully saturated rings. The number of carbonyl (C=O) groups excluding carboxylic acids is 2. The van der Waals surface area contributed by atoms with E-state index in [-0.39, 0.29) is 17.1 Å². The Kier molecular flexibility index (Phi) is 7.36. The first-order chi connectivity index (χ1) is 15.4. The summed E-state index contributed by atoms with van der Waals surface area (Å²) in [6, 6.07) is 0. The van der Waals surface area contributed by atoms with Crippen LogP contribution in [0.15, 0.2) is 11.8 Å². The van der Waals surface area contributed by atoms with Gasteiger partial charge in [-0.05, 0) is 61.7 Å². The molecule has 1 unspecified atom stereocenters. The summed E-state index contributed by atoms with van der Waals surface area (Å²) in [7, 11) is 0. The van der Waals surface area contributed by atoms with Crippen LogP contribution in [0.3, 0.4) is 0 Å². The van der Waals surface area contributed by atoms with Gasteiger partial charge in [0.15, 0.2) is 5.78 Å². The van der Waals surface area contributed by atoms with Crippen molar-refractivity contribution in [2.24, 2.45) is 34.5 Å². The Bertz CT molecular complexity index is 731. The van der Waals surface area contributed by atoms with Gasteiger partial charge in [-0.15, -0.1) is 0 Å². The molecular formula is C28H46N2O2. The van der Waals surface area contributed by atoms with Gasteiger partial charge in [-0.25, -0.2) is 0 Å². The molecule has 180 valence electrons. The molecule has 4 aliphatic rings. The van der Waals surface area contributed by atoms with E-state index in [1.165, 1.54) is 64.2 Å². The van der Waals surface area contributed by atoms with E-state index in [2.05, 4.69) is 31.4 Å². The summed E-state index contributed by atoms with van der Waals surface area (Å²) in [5.41, 5.74) is 1.56. The smallest absolute Gasteiger partial charge is 0.230 e. The molecule has 2 saturated carbocycles. The average Bonchev–Trinajstić information content (AvgIpc) is 3.17. The maximum absolute atomic E-state index is 13.0. The molecule has 1 aliphatic heterocycles. The van der Waals surface area contributed by atoms with Gasteiger partial charge < -0.3 is 10.6 Å². The Morgan fingerprint density at radius 3 is 2.59 bits per heavy atom. The van der Waals surface area contributed by atoms with Crippen LogP contribution in [0.1, 0.15) is 104 Å². The molecular weight excluding hydrogens is 396 g/mol. The lowest BCUT2D eigenvalue weighted by Crippen LogP contribution is -2.58. The first-order valence-corrected chi connectivity index (χ1v) is 13.7. The summed E-state index contributed by atoms with van der Waals surface area (Å²) < 4.78 is 0. The number of amides is 1. The Balaban J connectivity index is 1.34. The number of unbranched alkanes of at least 4 members (excludes halogenated alkanes) is 6. The quantitative estimate of drug-likeness (QED) is 0.352. The summed E-state index contributed by atoms with van der Waals surface area (Å²) in [6.07, 6.45) is 17.8. The minimum Gasteiger partial charge on any atom is -0.387 e. The van der Waals surface area contributed by atoms with Gasteiger partial charge in [-0.3, -0.25) is 9.59 Å². The molecule has 2 N–H and O–H groups in total. The average molecular weight is 443 g/mol. The molecule has 6 atom stereocenters. The number of carbonyl (C=O) groups is 2. The van der Waals surface area contributed by atoms with E-state index in [9.17, 15) is 9.59 Å². The fourth-order valence-corrected chi connectivity index (χ4v) is 7.87. The van der Waals surface area contributed by atoms with Gasteiger partial charge in [0.1, 0.15) is 5.92 Å². The van der Waals surface area contributed by atoms with E-state index in [0.29, 0.717) is 30.2 Å². The molecule has 0 bridgehead atoms. The molecule has 1 amide bonds. The second kappa shape index (κ2) is 9.89. The van der Waals surface area contributed by atoms with Gasteiger partial charge in [0, 0.05) is 30.3 Å². The molecule has 0 radical (unpaired) electrons. The highest BCUT2D eigenvalue weighted by Gasteiger charge is 2.58. The predicted molar refractivity (Wildman–Crippen MR) is 130 cm³/mol. The number of nitrogens with one attached hydrogen (secondary N) is 2. The van der Waals surface area contributed by atoms with Crippen molar-refractivity contribution < 1.29 is 9.59 Å². The van der Waals surface area contributed by atoms with Crippen LogP contribution >= 0.6 is 0 Å². The molecule has 4 rings (SSSR count). The van der Waals surface area contributed by atoms with E-state index >= 15 is 0 Å². The lowest BCUT2D eigenvalue weighted by atomic mass is 9.50. The van der Waals surface area contributed by atoms with Crippen LogP contribution in [0.5, 0.6) is 0 Å². The van der Waals surface area contributed by atoms with Crippen molar-refractivity contribution in [1.29, 1.82) is 0 Å². The summed E-state index contributed by atoms with van der Waals surface area (Å²) >= 11 is 0. The minimum atomic E-state index is -0.509. The van der Waals surface area contributed by atoms with Crippen LogP contribution in [-0.2, 0) is 9.59 Å². The number of hydrogen-bond donors (Lipinski definition) is 2. The zero-order valence-electron chi connectivity index (χ0n) is 20.8. The van der Waals surface area contributed by atoms with E-state index in [0.717, 1.165) is 31.0 Å². The Labute approximate surface area is 195 Å². The van der Waals surface area contributed by atoms with Crippen molar-refractivity contribution in [1.82, 2.24) is 10.6 Å². The third-order valence-corrected chi connectivity index (χ3v) is 9.83. The zero-order valence-corrected chi connectivity index (χ0v) is 20.8. The van der Waals surface area contributed by atoms with Gasteiger partial charge >= 0.3 is 0 Å². The normalized spacial score (nSPS) is 38.2. The predicted octanol–water partition coefficient (Wildman–Crippen LogP) is 5.77. The molecule has 0 aromatic carbocycles. The van der Waals surface area contributed by atoms with Gasteiger partial charge in [0.05, 0.1) is 0 Å². The Morgan fingerprint density at radius 1 is 1.06 bits per heavy atom. The topological polar surface area (TPSA) is 58.2 Å². The van der Waals surface area contributed by atoms with Crippen LogP contribution in [0.4, 0.5) is 0 Å². The molecule has 0 aromatic rings. The maximum Gasteiger partial charge on any atom is 0.230 e. The summed E-state index contributed by atoms with van der Waals surface area (Å²) in [5.74, 6) is 1.53. The zero-order chi connectivity index (χ0) is 22.8. The van der Waals surface area contributed by atoms with E-state index < -0.39 is 5.92 Å². The van der Waals surface area contributed by atoms with Crippen molar-refractivity contribution in [3.05, 3.63) is 11.8 Å². The molecule has 4 heteroatoms. The van der Waals surface area contributed by atoms with Crippen LogP contribution in [0.25, 0.3) is 0 Å². The number of hydrogen-bond acceptors (Lipinski definition) is 3. The monoisotopic (exact) mass is 442 g/mol. The van der Waals surface area contributed by atoms with Crippen LogP contribution in [0, 0.1) is 34.5 Å². The molecule has 0 aromatic heterocycles. The maximum atomic E-state index is 13.0. The lowest BCUT2D eigenvalue weighted by Gasteiger charge is -2.58. The minimum absolute atomic E-state index is 0.00186. The largest absolute Gasteiger partial charge is 0.387 e. The van der Waals surface area contributed by atoms with Crippen LogP contribution < -0.4 is 10.6 Å².